The fraction of sp³-hybridized carbons (Fsp3) is 0.417. The van der Waals surface area contributed by atoms with Crippen LogP contribution in [0.5, 0.6) is 11.5 Å². The molecule has 0 fully saturated rings. The zero-order valence-electron chi connectivity index (χ0n) is 10.5. The minimum Gasteiger partial charge on any atom is -0.497 e. The Morgan fingerprint density at radius 3 is 2.47 bits per heavy atom. The first kappa shape index (κ1) is 13.3. The molecule has 0 radical (unpaired) electrons. The number of hydrogen-bond acceptors (Lipinski definition) is 4. The molecule has 3 N–H and O–H groups in total. The normalized spacial score (nSPS) is 11.8. The van der Waals surface area contributed by atoms with Crippen molar-refractivity contribution in [2.75, 3.05) is 14.2 Å². The molecule has 1 aromatic rings. The van der Waals surface area contributed by atoms with E-state index in [-0.39, 0.29) is 11.8 Å². The van der Waals surface area contributed by atoms with Gasteiger partial charge >= 0.3 is 0 Å². The zero-order valence-corrected chi connectivity index (χ0v) is 10.5. The summed E-state index contributed by atoms with van der Waals surface area (Å²) in [4.78, 5) is 11.6. The quantitative estimate of drug-likeness (QED) is 0.468. The summed E-state index contributed by atoms with van der Waals surface area (Å²) in [6.07, 6.45) is 0. The van der Waals surface area contributed by atoms with Gasteiger partial charge in [-0.3, -0.25) is 10.2 Å². The monoisotopic (exact) mass is 238 g/mol. The molecule has 5 heteroatoms. The molecule has 0 spiro atoms. The lowest BCUT2D eigenvalue weighted by Crippen LogP contribution is -2.34. The summed E-state index contributed by atoms with van der Waals surface area (Å²) in [5, 5.41) is 0. The molecule has 1 aromatic carbocycles. The number of hydrogen-bond donors (Lipinski definition) is 2. The molecule has 1 rings (SSSR count). The number of carbonyl (C=O) groups excluding carboxylic acids is 1. The van der Waals surface area contributed by atoms with Gasteiger partial charge in [-0.1, -0.05) is 0 Å². The standard InChI is InChI=1S/C12H18N2O3/c1-7-5-9(16-3)6-10(17-4)11(7)8(2)12(15)14-13/h5-6,8H,13H2,1-4H3,(H,14,15). The molecule has 0 aliphatic rings. The van der Waals surface area contributed by atoms with Gasteiger partial charge in [0.05, 0.1) is 20.1 Å². The molecule has 0 bridgehead atoms. The van der Waals surface area contributed by atoms with E-state index in [0.29, 0.717) is 11.5 Å². The summed E-state index contributed by atoms with van der Waals surface area (Å²) in [6, 6.07) is 3.61. The van der Waals surface area contributed by atoms with E-state index in [1.165, 1.54) is 0 Å². The molecule has 94 valence electrons. The van der Waals surface area contributed by atoms with Crippen LogP contribution in [0.25, 0.3) is 0 Å². The number of methoxy groups -OCH3 is 2. The Bertz CT molecular complexity index is 418. The van der Waals surface area contributed by atoms with Crippen LogP contribution in [0.15, 0.2) is 12.1 Å². The summed E-state index contributed by atoms with van der Waals surface area (Å²) < 4.78 is 10.4. The second-order valence-electron chi connectivity index (χ2n) is 3.79. The largest absolute Gasteiger partial charge is 0.497 e. The molecule has 1 amide bonds. The fourth-order valence-electron chi connectivity index (χ4n) is 1.83. The maximum absolute atomic E-state index is 11.6. The third-order valence-electron chi connectivity index (χ3n) is 2.75. The minimum atomic E-state index is -0.374. The second-order valence-corrected chi connectivity index (χ2v) is 3.79. The fourth-order valence-corrected chi connectivity index (χ4v) is 1.83. The highest BCUT2D eigenvalue weighted by atomic mass is 16.5. The molecule has 0 aromatic heterocycles. The predicted octanol–water partition coefficient (Wildman–Crippen LogP) is 1.11. The Morgan fingerprint density at radius 2 is 2.00 bits per heavy atom. The van der Waals surface area contributed by atoms with Crippen LogP contribution in [0.4, 0.5) is 0 Å². The molecular formula is C12H18N2O3. The number of rotatable bonds is 4. The average Bonchev–Trinajstić information content (AvgIpc) is 2.35. The second kappa shape index (κ2) is 5.54. The van der Waals surface area contributed by atoms with Gasteiger partial charge in [-0.25, -0.2) is 5.84 Å². The topological polar surface area (TPSA) is 73.6 Å². The Kier molecular flexibility index (Phi) is 4.34. The molecule has 0 heterocycles. The SMILES string of the molecule is COc1cc(C)c(C(C)C(=O)NN)c(OC)c1. The molecule has 1 unspecified atom stereocenters. The Morgan fingerprint density at radius 1 is 1.35 bits per heavy atom. The predicted molar refractivity (Wildman–Crippen MR) is 65.0 cm³/mol. The number of hydrazine groups is 1. The number of nitrogens with two attached hydrogens (primary N) is 1. The number of ether oxygens (including phenoxy) is 2. The first-order valence-corrected chi connectivity index (χ1v) is 5.28. The molecule has 5 nitrogen and oxygen atoms in total. The lowest BCUT2D eigenvalue weighted by molar-refractivity contribution is -0.122. The highest BCUT2D eigenvalue weighted by molar-refractivity contribution is 5.84. The highest BCUT2D eigenvalue weighted by Gasteiger charge is 2.21. The van der Waals surface area contributed by atoms with Gasteiger partial charge in [0.15, 0.2) is 0 Å². The van der Waals surface area contributed by atoms with Gasteiger partial charge in [0.1, 0.15) is 11.5 Å². The lowest BCUT2D eigenvalue weighted by atomic mass is 9.94. The van der Waals surface area contributed by atoms with Crippen molar-refractivity contribution in [1.82, 2.24) is 5.43 Å². The number of benzene rings is 1. The van der Waals surface area contributed by atoms with Gasteiger partial charge in [0.2, 0.25) is 5.91 Å². The number of nitrogens with one attached hydrogen (secondary N) is 1. The molecule has 0 aliphatic heterocycles. The van der Waals surface area contributed by atoms with E-state index < -0.39 is 0 Å². The van der Waals surface area contributed by atoms with Crippen LogP contribution in [0.2, 0.25) is 0 Å². The van der Waals surface area contributed by atoms with E-state index in [0.717, 1.165) is 11.1 Å². The molecule has 0 aliphatic carbocycles. The van der Waals surface area contributed by atoms with Gasteiger partial charge in [0, 0.05) is 11.6 Å². The van der Waals surface area contributed by atoms with Crippen molar-refractivity contribution in [3.8, 4) is 11.5 Å². The summed E-state index contributed by atoms with van der Waals surface area (Å²) >= 11 is 0. The Balaban J connectivity index is 3.27. The van der Waals surface area contributed by atoms with Crippen molar-refractivity contribution in [3.63, 3.8) is 0 Å². The molecule has 0 saturated heterocycles. The minimum absolute atomic E-state index is 0.253. The van der Waals surface area contributed by atoms with Gasteiger partial charge in [-0.15, -0.1) is 0 Å². The van der Waals surface area contributed by atoms with Gasteiger partial charge in [-0.05, 0) is 25.5 Å². The van der Waals surface area contributed by atoms with E-state index >= 15 is 0 Å². The summed E-state index contributed by atoms with van der Waals surface area (Å²) in [6.45, 7) is 3.68. The zero-order chi connectivity index (χ0) is 13.0. The highest BCUT2D eigenvalue weighted by Crippen LogP contribution is 2.33. The first-order chi connectivity index (χ1) is 8.04. The summed E-state index contributed by atoms with van der Waals surface area (Å²) in [5.74, 6) is 5.84. The van der Waals surface area contributed by atoms with Crippen LogP contribution in [-0.2, 0) is 4.79 Å². The number of carbonyl (C=O) groups is 1. The van der Waals surface area contributed by atoms with E-state index in [1.807, 2.05) is 13.0 Å². The van der Waals surface area contributed by atoms with Crippen LogP contribution in [0.3, 0.4) is 0 Å². The van der Waals surface area contributed by atoms with Crippen LogP contribution in [0.1, 0.15) is 24.0 Å². The Hall–Kier alpha value is -1.75. The van der Waals surface area contributed by atoms with E-state index in [1.54, 1.807) is 27.2 Å². The maximum Gasteiger partial charge on any atom is 0.241 e. The number of aryl methyl sites for hydroxylation is 1. The number of amides is 1. The Labute approximate surface area is 101 Å². The van der Waals surface area contributed by atoms with Gasteiger partial charge in [-0.2, -0.15) is 0 Å². The van der Waals surface area contributed by atoms with Crippen molar-refractivity contribution in [2.24, 2.45) is 5.84 Å². The van der Waals surface area contributed by atoms with E-state index in [2.05, 4.69) is 5.43 Å². The van der Waals surface area contributed by atoms with Gasteiger partial charge in [0.25, 0.3) is 0 Å². The van der Waals surface area contributed by atoms with Crippen LogP contribution in [0, 0.1) is 6.92 Å². The van der Waals surface area contributed by atoms with Crippen molar-refractivity contribution in [1.29, 1.82) is 0 Å². The first-order valence-electron chi connectivity index (χ1n) is 5.28. The van der Waals surface area contributed by atoms with Gasteiger partial charge < -0.3 is 9.47 Å². The average molecular weight is 238 g/mol. The van der Waals surface area contributed by atoms with Crippen molar-refractivity contribution in [3.05, 3.63) is 23.3 Å². The van der Waals surface area contributed by atoms with Crippen LogP contribution in [-0.4, -0.2) is 20.1 Å². The van der Waals surface area contributed by atoms with Crippen LogP contribution >= 0.6 is 0 Å². The maximum atomic E-state index is 11.6. The van der Waals surface area contributed by atoms with E-state index in [4.69, 9.17) is 15.3 Å². The van der Waals surface area contributed by atoms with Crippen molar-refractivity contribution >= 4 is 5.91 Å². The lowest BCUT2D eigenvalue weighted by Gasteiger charge is -2.18. The molecule has 0 saturated carbocycles. The van der Waals surface area contributed by atoms with E-state index in [9.17, 15) is 4.79 Å². The molecule has 17 heavy (non-hydrogen) atoms. The molecule has 1 atom stereocenters. The summed E-state index contributed by atoms with van der Waals surface area (Å²) in [5.41, 5.74) is 3.89. The third-order valence-corrected chi connectivity index (χ3v) is 2.75. The molecular weight excluding hydrogens is 220 g/mol. The summed E-state index contributed by atoms with van der Waals surface area (Å²) in [7, 11) is 3.15. The van der Waals surface area contributed by atoms with Crippen LogP contribution < -0.4 is 20.7 Å². The third kappa shape index (κ3) is 2.68. The van der Waals surface area contributed by atoms with Crippen molar-refractivity contribution < 1.29 is 14.3 Å². The smallest absolute Gasteiger partial charge is 0.241 e. The van der Waals surface area contributed by atoms with Crippen molar-refractivity contribution in [2.45, 2.75) is 19.8 Å².